The van der Waals surface area contributed by atoms with E-state index in [0.29, 0.717) is 5.56 Å². The number of rotatable bonds is 3. The highest BCUT2D eigenvalue weighted by Crippen LogP contribution is 2.42. The first-order valence-corrected chi connectivity index (χ1v) is 8.71. The second kappa shape index (κ2) is 6.28. The van der Waals surface area contributed by atoms with E-state index in [0.717, 1.165) is 0 Å². The average Bonchev–Trinajstić information content (AvgIpc) is 3.18. The lowest BCUT2D eigenvalue weighted by atomic mass is 10.1. The molecular formula is C19H24O7. The molecule has 7 nitrogen and oxygen atoms in total. The van der Waals surface area contributed by atoms with Gasteiger partial charge in [0.2, 0.25) is 0 Å². The zero-order chi connectivity index (χ0) is 19.4. The quantitative estimate of drug-likeness (QED) is 0.598. The van der Waals surface area contributed by atoms with E-state index in [9.17, 15) is 4.79 Å². The molecule has 0 saturated carbocycles. The standard InChI is InChI=1S/C19H24O7/c1-18(2)21-10-12(24-18)13-14(15-17(23-13)26-19(3,4)25-15)22-16(20)11-8-6-5-7-9-11/h5-9,12-15,17H,10H2,1-4H3/t12-,13-,14+,15-,17-/m1/s1/i13D,20+2,22+2. The number of hydrogen-bond donors (Lipinski definition) is 0. The molecule has 0 radical (unpaired) electrons. The third kappa shape index (κ3) is 3.37. The molecule has 1 aromatic rings. The van der Waals surface area contributed by atoms with E-state index in [1.165, 1.54) is 0 Å². The lowest BCUT2D eigenvalue weighted by Crippen LogP contribution is -2.45. The Hall–Kier alpha value is -1.51. The molecule has 5 atom stereocenters. The second-order valence-electron chi connectivity index (χ2n) is 7.50. The minimum atomic E-state index is -1.72. The zero-order valence-electron chi connectivity index (χ0n) is 16.3. The SMILES string of the molecule is [2H][C@]1([C@H]2COC(C)(C)O2)O[C@@H]2OC(C)(C)O[C@@H]2[C@H]1[18O]C(=[18O])c1ccccc1. The summed E-state index contributed by atoms with van der Waals surface area (Å²) in [7, 11) is 0. The van der Waals surface area contributed by atoms with Crippen molar-refractivity contribution in [2.45, 2.75) is 70.0 Å². The predicted molar refractivity (Wildman–Crippen MR) is 89.2 cm³/mol. The summed E-state index contributed by atoms with van der Waals surface area (Å²) in [6.07, 6.45) is -5.10. The predicted octanol–water partition coefficient (Wildman–Crippen LogP) is 2.24. The molecule has 3 aliphatic rings. The van der Waals surface area contributed by atoms with Crippen molar-refractivity contribution in [1.82, 2.24) is 0 Å². The Bertz CT molecular complexity index is 722. The third-order valence-corrected chi connectivity index (χ3v) is 4.49. The molecule has 0 amide bonds. The number of hydrogen-bond acceptors (Lipinski definition) is 7. The minimum absolute atomic E-state index is 0.138. The Kier molecular flexibility index (Phi) is 4.02. The molecule has 0 bridgehead atoms. The highest BCUT2D eigenvalue weighted by Gasteiger charge is 2.60. The van der Waals surface area contributed by atoms with Crippen molar-refractivity contribution in [1.29, 1.82) is 0 Å². The molecule has 0 unspecified atom stereocenters. The van der Waals surface area contributed by atoms with Gasteiger partial charge in [0.25, 0.3) is 0 Å². The molecule has 142 valence electrons. The van der Waals surface area contributed by atoms with Crippen molar-refractivity contribution in [3.8, 4) is 0 Å². The molecular weight excluding hydrogens is 344 g/mol. The van der Waals surface area contributed by atoms with E-state index in [-0.39, 0.29) is 6.61 Å². The fraction of sp³-hybridized carbons (Fsp3) is 0.632. The molecule has 7 heteroatoms. The zero-order valence-corrected chi connectivity index (χ0v) is 15.3. The van der Waals surface area contributed by atoms with E-state index in [4.69, 9.17) is 29.8 Å². The fourth-order valence-electron chi connectivity index (χ4n) is 3.39. The van der Waals surface area contributed by atoms with Crippen molar-refractivity contribution in [3.63, 3.8) is 0 Å². The normalized spacial score (nSPS) is 40.8. The van der Waals surface area contributed by atoms with Gasteiger partial charge in [-0.05, 0) is 39.8 Å². The summed E-state index contributed by atoms with van der Waals surface area (Å²) >= 11 is 0. The van der Waals surface area contributed by atoms with Gasteiger partial charge in [0.15, 0.2) is 30.1 Å². The summed E-state index contributed by atoms with van der Waals surface area (Å²) in [4.78, 5) is 12.7. The minimum Gasteiger partial charge on any atom is -0.453 e. The molecule has 4 rings (SSSR count). The highest BCUT2D eigenvalue weighted by atomic mass is 18.4. The van der Waals surface area contributed by atoms with Gasteiger partial charge in [-0.25, -0.2) is 4.79 Å². The number of esters is 1. The Morgan fingerprint density at radius 2 is 1.85 bits per heavy atom. The molecule has 26 heavy (non-hydrogen) atoms. The van der Waals surface area contributed by atoms with E-state index in [2.05, 4.69) is 0 Å². The molecule has 0 aliphatic carbocycles. The first-order valence-electron chi connectivity index (χ1n) is 9.21. The van der Waals surface area contributed by atoms with Crippen LogP contribution in [0, 0.1) is 0 Å². The Morgan fingerprint density at radius 3 is 2.50 bits per heavy atom. The summed E-state index contributed by atoms with van der Waals surface area (Å²) in [5.41, 5.74) is 0.380. The van der Waals surface area contributed by atoms with Crippen molar-refractivity contribution >= 4 is 5.97 Å². The van der Waals surface area contributed by atoms with Crippen LogP contribution in [0.1, 0.15) is 39.4 Å². The van der Waals surface area contributed by atoms with Crippen LogP contribution in [0.25, 0.3) is 0 Å². The van der Waals surface area contributed by atoms with Crippen LogP contribution in [0.3, 0.4) is 0 Å². The molecule has 3 saturated heterocycles. The van der Waals surface area contributed by atoms with Crippen LogP contribution in [0.15, 0.2) is 30.3 Å². The van der Waals surface area contributed by atoms with Crippen molar-refractivity contribution in [2.75, 3.05) is 6.61 Å². The van der Waals surface area contributed by atoms with E-state index < -0.39 is 48.2 Å². The van der Waals surface area contributed by atoms with Crippen LogP contribution >= 0.6 is 0 Å². The lowest BCUT2D eigenvalue weighted by molar-refractivity contribution is -0.232. The van der Waals surface area contributed by atoms with Crippen LogP contribution in [-0.4, -0.2) is 54.8 Å². The summed E-state index contributed by atoms with van der Waals surface area (Å²) in [5, 5.41) is 0. The second-order valence-corrected chi connectivity index (χ2v) is 7.50. The first-order chi connectivity index (χ1) is 12.6. The van der Waals surface area contributed by atoms with Crippen LogP contribution in [0.4, 0.5) is 0 Å². The molecule has 1 aromatic carbocycles. The number of carbonyl (C=O) groups excluding carboxylic acids is 1. The van der Waals surface area contributed by atoms with Gasteiger partial charge in [0.05, 0.1) is 13.5 Å². The van der Waals surface area contributed by atoms with Gasteiger partial charge in [0, 0.05) is 0 Å². The van der Waals surface area contributed by atoms with Crippen molar-refractivity contribution < 1.29 is 34.6 Å². The van der Waals surface area contributed by atoms with E-state index >= 15 is 0 Å². The lowest BCUT2D eigenvalue weighted by Gasteiger charge is -2.28. The van der Waals surface area contributed by atoms with Gasteiger partial charge in [-0.3, -0.25) is 0 Å². The van der Waals surface area contributed by atoms with Crippen LogP contribution in [0.2, 0.25) is 0 Å². The summed E-state index contributed by atoms with van der Waals surface area (Å²) < 4.78 is 43.6. The maximum absolute atomic E-state index is 12.7. The molecule has 3 heterocycles. The first kappa shape index (κ1) is 16.6. The molecule has 3 fully saturated rings. The Balaban J connectivity index is 1.61. The number of ether oxygens (including phenoxy) is 6. The number of fused-ring (bicyclic) bond motifs is 1. The number of carbonyl (C=O) groups is 1. The van der Waals surface area contributed by atoms with E-state index in [1.807, 2.05) is 6.07 Å². The van der Waals surface area contributed by atoms with Gasteiger partial charge in [-0.1, -0.05) is 18.2 Å². The molecule has 0 N–H and O–H groups in total. The summed E-state index contributed by atoms with van der Waals surface area (Å²) in [6.45, 7) is 7.14. The van der Waals surface area contributed by atoms with Gasteiger partial charge < -0.3 is 28.4 Å². The molecule has 0 spiro atoms. The van der Waals surface area contributed by atoms with Crippen LogP contribution < -0.4 is 0 Å². The number of benzene rings is 1. The fourth-order valence-corrected chi connectivity index (χ4v) is 3.39. The average molecular weight is 369 g/mol. The monoisotopic (exact) mass is 369 g/mol. The largest absolute Gasteiger partial charge is 0.453 e. The Labute approximate surface area is 153 Å². The molecule has 3 aliphatic heterocycles. The van der Waals surface area contributed by atoms with Gasteiger partial charge in [-0.15, -0.1) is 0 Å². The van der Waals surface area contributed by atoms with Crippen molar-refractivity contribution in [2.24, 2.45) is 0 Å². The van der Waals surface area contributed by atoms with Gasteiger partial charge in [0.1, 0.15) is 12.2 Å². The maximum atomic E-state index is 12.7. The summed E-state index contributed by atoms with van der Waals surface area (Å²) in [6, 6.07) is 8.59. The molecule has 0 aromatic heterocycles. The van der Waals surface area contributed by atoms with Gasteiger partial charge in [-0.2, -0.15) is 0 Å². The Morgan fingerprint density at radius 1 is 1.12 bits per heavy atom. The van der Waals surface area contributed by atoms with Crippen LogP contribution in [-0.2, 0) is 28.4 Å². The topological polar surface area (TPSA) is 72.5 Å². The van der Waals surface area contributed by atoms with E-state index in [1.54, 1.807) is 52.0 Å². The maximum Gasteiger partial charge on any atom is 0.338 e. The summed E-state index contributed by atoms with van der Waals surface area (Å²) in [5.74, 6) is -2.32. The van der Waals surface area contributed by atoms with Crippen LogP contribution in [0.5, 0.6) is 0 Å². The third-order valence-electron chi connectivity index (χ3n) is 4.49. The van der Waals surface area contributed by atoms with Gasteiger partial charge >= 0.3 is 5.97 Å². The highest BCUT2D eigenvalue weighted by molar-refractivity contribution is 5.89. The van der Waals surface area contributed by atoms with Crippen molar-refractivity contribution in [3.05, 3.63) is 35.9 Å². The smallest absolute Gasteiger partial charge is 0.338 e.